The van der Waals surface area contributed by atoms with Crippen molar-refractivity contribution in [2.75, 3.05) is 0 Å². The zero-order valence-corrected chi connectivity index (χ0v) is 9.75. The first kappa shape index (κ1) is 9.96. The van der Waals surface area contributed by atoms with Gasteiger partial charge in [-0.25, -0.2) is 9.97 Å². The van der Waals surface area contributed by atoms with E-state index >= 15 is 0 Å². The van der Waals surface area contributed by atoms with E-state index in [0.717, 1.165) is 28.0 Å². The molecule has 17 heavy (non-hydrogen) atoms. The molecule has 4 nitrogen and oxygen atoms in total. The van der Waals surface area contributed by atoms with Crippen molar-refractivity contribution in [2.45, 2.75) is 6.92 Å². The zero-order chi connectivity index (χ0) is 11.8. The third-order valence-corrected chi connectivity index (χ3v) is 2.82. The lowest BCUT2D eigenvalue weighted by Crippen LogP contribution is -1.90. The van der Waals surface area contributed by atoms with Crippen LogP contribution in [0, 0.1) is 6.92 Å². The van der Waals surface area contributed by atoms with Crippen LogP contribution in [0.1, 0.15) is 5.82 Å². The number of hydrogen-bond donors (Lipinski definition) is 0. The van der Waals surface area contributed by atoms with Crippen LogP contribution in [-0.2, 0) is 7.05 Å². The predicted octanol–water partition coefficient (Wildman–Crippen LogP) is 2.34. The molecule has 0 atom stereocenters. The Hall–Kier alpha value is -2.23. The Bertz CT molecular complexity index is 685. The van der Waals surface area contributed by atoms with Gasteiger partial charge in [0, 0.05) is 24.2 Å². The summed E-state index contributed by atoms with van der Waals surface area (Å²) in [5.41, 5.74) is 3.17. The van der Waals surface area contributed by atoms with E-state index in [-0.39, 0.29) is 0 Å². The molecule has 0 aliphatic heterocycles. The molecule has 84 valence electrons. The zero-order valence-electron chi connectivity index (χ0n) is 9.75. The number of hydrogen-bond acceptors (Lipinski definition) is 3. The van der Waals surface area contributed by atoms with Gasteiger partial charge >= 0.3 is 0 Å². The van der Waals surface area contributed by atoms with Crippen LogP contribution < -0.4 is 0 Å². The third kappa shape index (κ3) is 1.67. The van der Waals surface area contributed by atoms with Gasteiger partial charge in [-0.15, -0.1) is 0 Å². The van der Waals surface area contributed by atoms with Crippen molar-refractivity contribution in [1.82, 2.24) is 19.7 Å². The standard InChI is InChI=1S/C13H12N4/c1-9-14-6-5-12(16-9)10-3-4-13-11(7-10)8-15-17(13)2/h3-8H,1-2H3. The summed E-state index contributed by atoms with van der Waals surface area (Å²) in [6.07, 6.45) is 3.65. The highest BCUT2D eigenvalue weighted by Gasteiger charge is 2.04. The van der Waals surface area contributed by atoms with Gasteiger partial charge in [0.1, 0.15) is 5.82 Å². The minimum Gasteiger partial charge on any atom is -0.268 e. The van der Waals surface area contributed by atoms with E-state index in [1.807, 2.05) is 30.9 Å². The Morgan fingerprint density at radius 1 is 1.18 bits per heavy atom. The highest BCUT2D eigenvalue weighted by molar-refractivity contribution is 5.83. The van der Waals surface area contributed by atoms with Crippen LogP contribution in [-0.4, -0.2) is 19.7 Å². The van der Waals surface area contributed by atoms with Gasteiger partial charge in [-0.3, -0.25) is 4.68 Å². The summed E-state index contributed by atoms with van der Waals surface area (Å²) in [6.45, 7) is 1.89. The van der Waals surface area contributed by atoms with Gasteiger partial charge in [-0.05, 0) is 25.1 Å². The Balaban J connectivity index is 2.18. The lowest BCUT2D eigenvalue weighted by Gasteiger charge is -2.02. The van der Waals surface area contributed by atoms with Crippen molar-refractivity contribution in [3.05, 3.63) is 42.5 Å². The van der Waals surface area contributed by atoms with Crippen molar-refractivity contribution in [2.24, 2.45) is 7.05 Å². The number of nitrogens with zero attached hydrogens (tertiary/aromatic N) is 4. The third-order valence-electron chi connectivity index (χ3n) is 2.82. The molecule has 3 aromatic rings. The lowest BCUT2D eigenvalue weighted by molar-refractivity contribution is 0.797. The molecule has 2 aromatic heterocycles. The summed E-state index contributed by atoms with van der Waals surface area (Å²) >= 11 is 0. The quantitative estimate of drug-likeness (QED) is 0.637. The Kier molecular flexibility index (Phi) is 2.14. The molecule has 0 bridgehead atoms. The first-order valence-electron chi connectivity index (χ1n) is 5.46. The molecule has 0 saturated heterocycles. The van der Waals surface area contributed by atoms with Gasteiger partial charge in [0.2, 0.25) is 0 Å². The second kappa shape index (κ2) is 3.66. The van der Waals surface area contributed by atoms with E-state index in [4.69, 9.17) is 0 Å². The molecule has 0 amide bonds. The molecule has 2 heterocycles. The molecule has 3 rings (SSSR count). The minimum atomic E-state index is 0.786. The smallest absolute Gasteiger partial charge is 0.125 e. The van der Waals surface area contributed by atoms with Gasteiger partial charge in [-0.2, -0.15) is 5.10 Å². The minimum absolute atomic E-state index is 0.786. The average Bonchev–Trinajstić information content (AvgIpc) is 2.71. The van der Waals surface area contributed by atoms with E-state index in [2.05, 4.69) is 33.3 Å². The Morgan fingerprint density at radius 3 is 2.88 bits per heavy atom. The van der Waals surface area contributed by atoms with Crippen LogP contribution in [0.15, 0.2) is 36.7 Å². The van der Waals surface area contributed by atoms with E-state index in [1.54, 1.807) is 6.20 Å². The fourth-order valence-electron chi connectivity index (χ4n) is 1.94. The van der Waals surface area contributed by atoms with E-state index in [1.165, 1.54) is 0 Å². The van der Waals surface area contributed by atoms with E-state index < -0.39 is 0 Å². The van der Waals surface area contributed by atoms with Gasteiger partial charge in [0.15, 0.2) is 0 Å². The molecule has 0 aliphatic rings. The van der Waals surface area contributed by atoms with E-state index in [0.29, 0.717) is 0 Å². The van der Waals surface area contributed by atoms with Crippen molar-refractivity contribution >= 4 is 10.9 Å². The highest BCUT2D eigenvalue weighted by atomic mass is 15.2. The Labute approximate surface area is 98.9 Å². The molecule has 0 unspecified atom stereocenters. The highest BCUT2D eigenvalue weighted by Crippen LogP contribution is 2.22. The number of benzene rings is 1. The first-order valence-corrected chi connectivity index (χ1v) is 5.46. The van der Waals surface area contributed by atoms with Crippen LogP contribution in [0.25, 0.3) is 22.2 Å². The van der Waals surface area contributed by atoms with Crippen LogP contribution in [0.2, 0.25) is 0 Å². The normalized spacial score (nSPS) is 10.9. The SMILES string of the molecule is Cc1nccc(-c2ccc3c(cnn3C)c2)n1. The molecule has 1 aromatic carbocycles. The molecule has 0 fully saturated rings. The maximum atomic E-state index is 4.42. The number of aryl methyl sites for hydroxylation is 2. The summed E-state index contributed by atoms with van der Waals surface area (Å²) in [5, 5.41) is 5.36. The summed E-state index contributed by atoms with van der Waals surface area (Å²) in [6, 6.07) is 8.15. The topological polar surface area (TPSA) is 43.6 Å². The largest absolute Gasteiger partial charge is 0.268 e. The fraction of sp³-hybridized carbons (Fsp3) is 0.154. The molecule has 0 N–H and O–H groups in total. The molecular formula is C13H12N4. The van der Waals surface area contributed by atoms with Gasteiger partial charge < -0.3 is 0 Å². The van der Waals surface area contributed by atoms with Crippen molar-refractivity contribution in [1.29, 1.82) is 0 Å². The molecule has 0 spiro atoms. The molecule has 0 aliphatic carbocycles. The second-order valence-corrected chi connectivity index (χ2v) is 4.03. The second-order valence-electron chi connectivity index (χ2n) is 4.03. The van der Waals surface area contributed by atoms with Gasteiger partial charge in [0.25, 0.3) is 0 Å². The van der Waals surface area contributed by atoms with Gasteiger partial charge in [0.05, 0.1) is 17.4 Å². The molecular weight excluding hydrogens is 212 g/mol. The van der Waals surface area contributed by atoms with E-state index in [9.17, 15) is 0 Å². The molecule has 4 heteroatoms. The van der Waals surface area contributed by atoms with Crippen LogP contribution in [0.3, 0.4) is 0 Å². The number of aromatic nitrogens is 4. The average molecular weight is 224 g/mol. The number of fused-ring (bicyclic) bond motifs is 1. The van der Waals surface area contributed by atoms with Crippen molar-refractivity contribution < 1.29 is 0 Å². The summed E-state index contributed by atoms with van der Waals surface area (Å²) in [4.78, 5) is 8.52. The van der Waals surface area contributed by atoms with Gasteiger partial charge in [-0.1, -0.05) is 6.07 Å². The summed E-state index contributed by atoms with van der Waals surface area (Å²) in [7, 11) is 1.94. The molecule has 0 radical (unpaired) electrons. The summed E-state index contributed by atoms with van der Waals surface area (Å²) < 4.78 is 1.87. The van der Waals surface area contributed by atoms with Crippen LogP contribution >= 0.6 is 0 Å². The van der Waals surface area contributed by atoms with Crippen LogP contribution in [0.4, 0.5) is 0 Å². The monoisotopic (exact) mass is 224 g/mol. The molecule has 0 saturated carbocycles. The fourth-order valence-corrected chi connectivity index (χ4v) is 1.94. The lowest BCUT2D eigenvalue weighted by atomic mass is 10.1. The maximum absolute atomic E-state index is 4.42. The first-order chi connectivity index (χ1) is 8.24. The summed E-state index contributed by atoms with van der Waals surface area (Å²) in [5.74, 6) is 0.786. The van der Waals surface area contributed by atoms with Crippen molar-refractivity contribution in [3.63, 3.8) is 0 Å². The predicted molar refractivity (Wildman–Crippen MR) is 66.5 cm³/mol. The number of rotatable bonds is 1. The Morgan fingerprint density at radius 2 is 2.06 bits per heavy atom. The maximum Gasteiger partial charge on any atom is 0.125 e. The van der Waals surface area contributed by atoms with Crippen molar-refractivity contribution in [3.8, 4) is 11.3 Å². The van der Waals surface area contributed by atoms with Crippen LogP contribution in [0.5, 0.6) is 0 Å².